The summed E-state index contributed by atoms with van der Waals surface area (Å²) in [5, 5.41) is 0. The van der Waals surface area contributed by atoms with Crippen LogP contribution in [0.3, 0.4) is 0 Å². The highest BCUT2D eigenvalue weighted by molar-refractivity contribution is 7.47. The Kier molecular flexibility index (Phi) is 46.6. The smallest absolute Gasteiger partial charge is 0.462 e. The standard InChI is InChI=1S/C55H88NO8P/c1-3-5-7-9-11-13-15-17-19-20-21-22-23-24-25-26-27-28-29-30-31-32-34-36-38-40-42-44-46-48-55(58)64-53(52-63-65(59,60)62-50-49-56)51-61-54(57)47-45-43-41-39-37-35-33-18-16-14-12-10-8-6-4-2/h5-8,11-14,17-19,21-22,24-25,27-28,30-31,33,37,39,53H,3-4,9-10,15-16,20,23,26,29,32,34-36,38,40-52,56H2,1-2H3,(H,59,60)/b7-5-,8-6-,13-11-,14-12-,19-17-,22-21-,25-24-,28-27-,31-30-,33-18-,39-37-. The lowest BCUT2D eigenvalue weighted by molar-refractivity contribution is -0.161. The zero-order valence-corrected chi connectivity index (χ0v) is 41.3. The van der Waals surface area contributed by atoms with Crippen molar-refractivity contribution < 1.29 is 37.6 Å². The first-order valence-corrected chi connectivity index (χ1v) is 26.2. The number of unbranched alkanes of at least 4 members (excludes halogenated alkanes) is 9. The maximum absolute atomic E-state index is 12.6. The molecule has 366 valence electrons. The molecule has 10 heteroatoms. The minimum atomic E-state index is -4.40. The van der Waals surface area contributed by atoms with E-state index in [2.05, 4.69) is 148 Å². The van der Waals surface area contributed by atoms with Crippen molar-refractivity contribution >= 4 is 19.8 Å². The lowest BCUT2D eigenvalue weighted by Crippen LogP contribution is -2.29. The molecule has 0 aliphatic carbocycles. The van der Waals surface area contributed by atoms with Crippen molar-refractivity contribution in [2.45, 2.75) is 174 Å². The van der Waals surface area contributed by atoms with Gasteiger partial charge in [0.05, 0.1) is 13.2 Å². The molecule has 0 amide bonds. The molecular weight excluding hydrogens is 834 g/mol. The van der Waals surface area contributed by atoms with Crippen LogP contribution in [0.25, 0.3) is 0 Å². The Balaban J connectivity index is 4.16. The Labute approximate surface area is 395 Å². The van der Waals surface area contributed by atoms with Crippen LogP contribution in [0.4, 0.5) is 0 Å². The van der Waals surface area contributed by atoms with Crippen LogP contribution < -0.4 is 5.73 Å². The molecule has 0 rings (SSSR count). The number of allylic oxidation sites excluding steroid dienone is 22. The summed E-state index contributed by atoms with van der Waals surface area (Å²) >= 11 is 0. The molecule has 0 spiro atoms. The maximum Gasteiger partial charge on any atom is 0.472 e. The van der Waals surface area contributed by atoms with Crippen LogP contribution in [0, 0.1) is 0 Å². The summed E-state index contributed by atoms with van der Waals surface area (Å²) in [6, 6.07) is 0. The highest BCUT2D eigenvalue weighted by Gasteiger charge is 2.26. The fourth-order valence-corrected chi connectivity index (χ4v) is 6.72. The topological polar surface area (TPSA) is 134 Å². The predicted octanol–water partition coefficient (Wildman–Crippen LogP) is 15.1. The molecule has 0 aromatic carbocycles. The lowest BCUT2D eigenvalue weighted by Gasteiger charge is -2.19. The van der Waals surface area contributed by atoms with Gasteiger partial charge >= 0.3 is 19.8 Å². The minimum absolute atomic E-state index is 0.0376. The van der Waals surface area contributed by atoms with Crippen LogP contribution in [0.2, 0.25) is 0 Å². The number of nitrogens with two attached hydrogens (primary N) is 1. The van der Waals surface area contributed by atoms with Gasteiger partial charge in [0.2, 0.25) is 0 Å². The molecule has 0 radical (unpaired) electrons. The van der Waals surface area contributed by atoms with Gasteiger partial charge in [0, 0.05) is 19.4 Å². The van der Waals surface area contributed by atoms with Crippen molar-refractivity contribution in [1.29, 1.82) is 0 Å². The second-order valence-corrected chi connectivity index (χ2v) is 17.0. The number of hydrogen-bond donors (Lipinski definition) is 2. The van der Waals surface area contributed by atoms with Crippen molar-refractivity contribution in [3.05, 3.63) is 134 Å². The van der Waals surface area contributed by atoms with Crippen LogP contribution in [0.5, 0.6) is 0 Å². The quantitative estimate of drug-likeness (QED) is 0.0265. The second kappa shape index (κ2) is 49.6. The average Bonchev–Trinajstić information content (AvgIpc) is 3.30. The van der Waals surface area contributed by atoms with Gasteiger partial charge in [0.1, 0.15) is 6.61 Å². The van der Waals surface area contributed by atoms with Crippen LogP contribution in [-0.4, -0.2) is 49.3 Å². The molecule has 0 fully saturated rings. The van der Waals surface area contributed by atoms with Crippen molar-refractivity contribution in [2.24, 2.45) is 5.73 Å². The third-order valence-corrected chi connectivity index (χ3v) is 10.5. The maximum atomic E-state index is 12.6. The monoisotopic (exact) mass is 922 g/mol. The van der Waals surface area contributed by atoms with E-state index in [1.54, 1.807) is 0 Å². The van der Waals surface area contributed by atoms with Gasteiger partial charge in [0.25, 0.3) is 0 Å². The van der Waals surface area contributed by atoms with E-state index in [0.29, 0.717) is 12.8 Å². The van der Waals surface area contributed by atoms with E-state index in [0.717, 1.165) is 116 Å². The molecule has 0 aliphatic heterocycles. The van der Waals surface area contributed by atoms with Gasteiger partial charge in [0.15, 0.2) is 6.10 Å². The Morgan fingerprint density at radius 2 is 0.800 bits per heavy atom. The number of rotatable bonds is 44. The normalized spacial score (nSPS) is 14.3. The first-order chi connectivity index (χ1) is 31.8. The highest BCUT2D eigenvalue weighted by atomic mass is 31.2. The van der Waals surface area contributed by atoms with Gasteiger partial charge in [-0.1, -0.05) is 180 Å². The molecule has 0 aromatic heterocycles. The average molecular weight is 922 g/mol. The fourth-order valence-electron chi connectivity index (χ4n) is 5.96. The van der Waals surface area contributed by atoms with Gasteiger partial charge in [-0.25, -0.2) is 4.57 Å². The summed E-state index contributed by atoms with van der Waals surface area (Å²) in [6.45, 7) is 3.41. The number of ether oxygens (including phenoxy) is 2. The number of hydrogen-bond acceptors (Lipinski definition) is 8. The zero-order chi connectivity index (χ0) is 47.4. The van der Waals surface area contributed by atoms with Crippen LogP contribution in [0.1, 0.15) is 168 Å². The van der Waals surface area contributed by atoms with Gasteiger partial charge in [-0.2, -0.15) is 0 Å². The summed E-state index contributed by atoms with van der Waals surface area (Å²) in [5.41, 5.74) is 5.36. The summed E-state index contributed by atoms with van der Waals surface area (Å²) in [7, 11) is -4.40. The number of phosphoric ester groups is 1. The van der Waals surface area contributed by atoms with E-state index in [4.69, 9.17) is 24.3 Å². The fraction of sp³-hybridized carbons (Fsp3) is 0.564. The van der Waals surface area contributed by atoms with Gasteiger partial charge < -0.3 is 20.1 Å². The summed E-state index contributed by atoms with van der Waals surface area (Å²) in [6.07, 6.45) is 69.2. The third-order valence-electron chi connectivity index (χ3n) is 9.53. The molecule has 0 bridgehead atoms. The summed E-state index contributed by atoms with van der Waals surface area (Å²) < 4.78 is 32.8. The molecule has 9 nitrogen and oxygen atoms in total. The molecule has 0 saturated carbocycles. The Morgan fingerprint density at radius 3 is 1.22 bits per heavy atom. The molecule has 65 heavy (non-hydrogen) atoms. The van der Waals surface area contributed by atoms with E-state index in [1.807, 2.05) is 0 Å². The number of phosphoric acid groups is 1. The number of carbonyl (C=O) groups is 2. The van der Waals surface area contributed by atoms with E-state index in [1.165, 1.54) is 12.8 Å². The molecule has 0 aromatic rings. The van der Waals surface area contributed by atoms with E-state index < -0.39 is 32.5 Å². The van der Waals surface area contributed by atoms with Gasteiger partial charge in [-0.05, 0) is 109 Å². The van der Waals surface area contributed by atoms with Crippen molar-refractivity contribution in [3.8, 4) is 0 Å². The third kappa shape index (κ3) is 49.4. The molecule has 0 saturated heterocycles. The van der Waals surface area contributed by atoms with E-state index >= 15 is 0 Å². The minimum Gasteiger partial charge on any atom is -0.462 e. The van der Waals surface area contributed by atoms with Gasteiger partial charge in [-0.3, -0.25) is 18.6 Å². The molecule has 2 unspecified atom stereocenters. The molecule has 2 atom stereocenters. The van der Waals surface area contributed by atoms with Crippen LogP contribution in [0.15, 0.2) is 134 Å². The highest BCUT2D eigenvalue weighted by Crippen LogP contribution is 2.43. The molecule has 3 N–H and O–H groups in total. The second-order valence-electron chi connectivity index (χ2n) is 15.6. The Hall–Kier alpha value is -3.85. The summed E-state index contributed by atoms with van der Waals surface area (Å²) in [5.74, 6) is -0.904. The lowest BCUT2D eigenvalue weighted by atomic mass is 10.1. The Bertz CT molecular complexity index is 1520. The number of esters is 2. The molecular formula is C55H88NO8P. The summed E-state index contributed by atoms with van der Waals surface area (Å²) in [4.78, 5) is 35.0. The largest absolute Gasteiger partial charge is 0.472 e. The molecule has 0 aliphatic rings. The molecule has 0 heterocycles. The SMILES string of the molecule is CC/C=C\C/C=C\C/C=C\C/C=C\C/C=C\C/C=C\C/C=C\CCCCCCCCCC(=O)OC(COC(=O)CCCC/C=C\C/C=C\C/C=C\C/C=C\CC)COP(=O)(O)OCCN. The van der Waals surface area contributed by atoms with Crippen LogP contribution >= 0.6 is 7.82 Å². The van der Waals surface area contributed by atoms with Crippen molar-refractivity contribution in [1.82, 2.24) is 0 Å². The Morgan fingerprint density at radius 1 is 0.462 bits per heavy atom. The van der Waals surface area contributed by atoms with E-state index in [-0.39, 0.29) is 32.6 Å². The zero-order valence-electron chi connectivity index (χ0n) is 40.4. The first kappa shape index (κ1) is 61.1. The van der Waals surface area contributed by atoms with E-state index in [9.17, 15) is 19.0 Å². The predicted molar refractivity (Wildman–Crippen MR) is 274 cm³/mol. The van der Waals surface area contributed by atoms with Crippen molar-refractivity contribution in [3.63, 3.8) is 0 Å². The van der Waals surface area contributed by atoms with Crippen molar-refractivity contribution in [2.75, 3.05) is 26.4 Å². The number of carbonyl (C=O) groups excluding carboxylic acids is 2. The van der Waals surface area contributed by atoms with Gasteiger partial charge in [-0.15, -0.1) is 0 Å². The first-order valence-electron chi connectivity index (χ1n) is 24.7. The van der Waals surface area contributed by atoms with Crippen LogP contribution in [-0.2, 0) is 32.7 Å².